The molecule has 0 N–H and O–H groups in total. The highest BCUT2D eigenvalue weighted by Crippen LogP contribution is 2.44. The molecule has 23 heavy (non-hydrogen) atoms. The van der Waals surface area contributed by atoms with Crippen LogP contribution in [-0.2, 0) is 4.79 Å². The van der Waals surface area contributed by atoms with Gasteiger partial charge in [-0.3, -0.25) is 9.69 Å². The molecular formula is C17H15Cl2NO2S. The standard InChI is InChI=1S/C17H15Cl2NO2S/c1-2-22-13-6-4-12(5-7-13)20-16(21)10-23-17(20)14-8-3-11(18)9-15(14)19/h3-9,17H,2,10H2,1H3/t17-/m0/s1. The number of halogens is 2. The van der Waals surface area contributed by atoms with E-state index in [4.69, 9.17) is 27.9 Å². The number of amides is 1. The van der Waals surface area contributed by atoms with E-state index in [0.29, 0.717) is 22.4 Å². The minimum Gasteiger partial charge on any atom is -0.494 e. The number of benzene rings is 2. The molecule has 1 fully saturated rings. The molecule has 2 aromatic rings. The van der Waals surface area contributed by atoms with Gasteiger partial charge >= 0.3 is 0 Å². The van der Waals surface area contributed by atoms with Gasteiger partial charge in [-0.05, 0) is 43.3 Å². The second kappa shape index (κ2) is 7.04. The van der Waals surface area contributed by atoms with Crippen molar-refractivity contribution in [1.29, 1.82) is 0 Å². The molecule has 0 saturated carbocycles. The van der Waals surface area contributed by atoms with E-state index in [0.717, 1.165) is 17.0 Å². The van der Waals surface area contributed by atoms with Crippen LogP contribution >= 0.6 is 35.0 Å². The fourth-order valence-corrected chi connectivity index (χ4v) is 4.29. The Morgan fingerprint density at radius 2 is 1.96 bits per heavy atom. The van der Waals surface area contributed by atoms with Crippen molar-refractivity contribution in [1.82, 2.24) is 0 Å². The third-order valence-electron chi connectivity index (χ3n) is 3.52. The molecule has 120 valence electrons. The third-order valence-corrected chi connectivity index (χ3v) is 5.28. The summed E-state index contributed by atoms with van der Waals surface area (Å²) in [5, 5.41) is 1.01. The van der Waals surface area contributed by atoms with Crippen LogP contribution in [-0.4, -0.2) is 18.3 Å². The predicted molar refractivity (Wildman–Crippen MR) is 96.8 cm³/mol. The topological polar surface area (TPSA) is 29.5 Å². The number of carbonyl (C=O) groups is 1. The van der Waals surface area contributed by atoms with Gasteiger partial charge in [-0.25, -0.2) is 0 Å². The van der Waals surface area contributed by atoms with Crippen LogP contribution in [0, 0.1) is 0 Å². The largest absolute Gasteiger partial charge is 0.494 e. The van der Waals surface area contributed by atoms with Crippen LogP contribution in [0.15, 0.2) is 42.5 Å². The number of hydrogen-bond donors (Lipinski definition) is 0. The number of rotatable bonds is 4. The molecule has 6 heteroatoms. The molecule has 0 unspecified atom stereocenters. The van der Waals surface area contributed by atoms with E-state index in [1.54, 1.807) is 28.8 Å². The molecule has 1 saturated heterocycles. The lowest BCUT2D eigenvalue weighted by atomic mass is 10.2. The summed E-state index contributed by atoms with van der Waals surface area (Å²) in [4.78, 5) is 14.1. The SMILES string of the molecule is CCOc1ccc(N2C(=O)CS[C@H]2c2ccc(Cl)cc2Cl)cc1. The molecule has 0 aromatic heterocycles. The van der Waals surface area contributed by atoms with Gasteiger partial charge in [-0.15, -0.1) is 11.8 Å². The van der Waals surface area contributed by atoms with Crippen molar-refractivity contribution in [2.75, 3.05) is 17.3 Å². The lowest BCUT2D eigenvalue weighted by Crippen LogP contribution is -2.27. The molecule has 1 heterocycles. The first-order chi connectivity index (χ1) is 11.1. The Labute approximate surface area is 149 Å². The molecule has 0 aliphatic carbocycles. The molecule has 0 radical (unpaired) electrons. The number of carbonyl (C=O) groups excluding carboxylic acids is 1. The summed E-state index contributed by atoms with van der Waals surface area (Å²) in [6, 6.07) is 12.9. The first kappa shape index (κ1) is 16.5. The van der Waals surface area contributed by atoms with Gasteiger partial charge < -0.3 is 4.74 Å². The molecule has 1 amide bonds. The fourth-order valence-electron chi connectivity index (χ4n) is 2.50. The molecular weight excluding hydrogens is 353 g/mol. The highest BCUT2D eigenvalue weighted by atomic mass is 35.5. The van der Waals surface area contributed by atoms with E-state index in [1.165, 1.54) is 0 Å². The van der Waals surface area contributed by atoms with Gasteiger partial charge in [0.25, 0.3) is 0 Å². The first-order valence-corrected chi connectivity index (χ1v) is 9.02. The Morgan fingerprint density at radius 1 is 1.22 bits per heavy atom. The minimum atomic E-state index is -0.148. The number of thioether (sulfide) groups is 1. The average molecular weight is 368 g/mol. The molecule has 0 bridgehead atoms. The Morgan fingerprint density at radius 3 is 2.61 bits per heavy atom. The molecule has 2 aromatic carbocycles. The van der Waals surface area contributed by atoms with Crippen LogP contribution in [0.1, 0.15) is 17.9 Å². The van der Waals surface area contributed by atoms with Crippen molar-refractivity contribution in [3.8, 4) is 5.75 Å². The van der Waals surface area contributed by atoms with E-state index in [9.17, 15) is 4.79 Å². The van der Waals surface area contributed by atoms with Crippen molar-refractivity contribution in [3.63, 3.8) is 0 Å². The Kier molecular flexibility index (Phi) is 5.05. The first-order valence-electron chi connectivity index (χ1n) is 7.21. The van der Waals surface area contributed by atoms with Gasteiger partial charge in [0.05, 0.1) is 12.4 Å². The molecule has 3 rings (SSSR count). The van der Waals surface area contributed by atoms with Crippen molar-refractivity contribution in [3.05, 3.63) is 58.1 Å². The number of nitrogens with zero attached hydrogens (tertiary/aromatic N) is 1. The zero-order valence-electron chi connectivity index (χ0n) is 12.5. The fraction of sp³-hybridized carbons (Fsp3) is 0.235. The summed E-state index contributed by atoms with van der Waals surface area (Å²) in [5.41, 5.74) is 1.72. The summed E-state index contributed by atoms with van der Waals surface area (Å²) in [6.45, 7) is 2.55. The van der Waals surface area contributed by atoms with Crippen molar-refractivity contribution < 1.29 is 9.53 Å². The van der Waals surface area contributed by atoms with Crippen molar-refractivity contribution in [2.45, 2.75) is 12.3 Å². The zero-order valence-corrected chi connectivity index (χ0v) is 14.8. The van der Waals surface area contributed by atoms with Crippen LogP contribution in [0.4, 0.5) is 5.69 Å². The van der Waals surface area contributed by atoms with Gasteiger partial charge in [-0.2, -0.15) is 0 Å². The van der Waals surface area contributed by atoms with Gasteiger partial charge in [0, 0.05) is 21.3 Å². The van der Waals surface area contributed by atoms with Crippen LogP contribution < -0.4 is 9.64 Å². The van der Waals surface area contributed by atoms with E-state index in [-0.39, 0.29) is 11.3 Å². The quantitative estimate of drug-likeness (QED) is 0.746. The third kappa shape index (κ3) is 3.44. The molecule has 1 aliphatic heterocycles. The molecule has 0 spiro atoms. The smallest absolute Gasteiger partial charge is 0.238 e. The highest BCUT2D eigenvalue weighted by molar-refractivity contribution is 8.00. The summed E-state index contributed by atoms with van der Waals surface area (Å²) in [5.74, 6) is 1.28. The summed E-state index contributed by atoms with van der Waals surface area (Å²) >= 11 is 13.8. The average Bonchev–Trinajstić information content (AvgIpc) is 2.90. The monoisotopic (exact) mass is 367 g/mol. The number of ether oxygens (including phenoxy) is 1. The Bertz CT molecular complexity index is 721. The van der Waals surface area contributed by atoms with Crippen molar-refractivity contribution in [2.24, 2.45) is 0 Å². The minimum absolute atomic E-state index is 0.0650. The second-order valence-corrected chi connectivity index (χ2v) is 6.93. The normalized spacial score (nSPS) is 17.6. The maximum atomic E-state index is 12.4. The summed E-state index contributed by atoms with van der Waals surface area (Å²) in [7, 11) is 0. The predicted octanol–water partition coefficient (Wildman–Crippen LogP) is 5.17. The van der Waals surface area contributed by atoms with Gasteiger partial charge in [0.15, 0.2) is 0 Å². The second-order valence-electron chi connectivity index (χ2n) is 5.02. The van der Waals surface area contributed by atoms with Gasteiger partial charge in [0.2, 0.25) is 5.91 Å². The highest BCUT2D eigenvalue weighted by Gasteiger charge is 2.35. The van der Waals surface area contributed by atoms with E-state index < -0.39 is 0 Å². The van der Waals surface area contributed by atoms with Crippen LogP contribution in [0.2, 0.25) is 10.0 Å². The van der Waals surface area contributed by atoms with Crippen molar-refractivity contribution >= 4 is 46.6 Å². The summed E-state index contributed by atoms with van der Waals surface area (Å²) < 4.78 is 5.45. The van der Waals surface area contributed by atoms with Crippen LogP contribution in [0.25, 0.3) is 0 Å². The molecule has 1 atom stereocenters. The van der Waals surface area contributed by atoms with Gasteiger partial charge in [-0.1, -0.05) is 29.3 Å². The molecule has 1 aliphatic rings. The van der Waals surface area contributed by atoms with E-state index in [2.05, 4.69) is 0 Å². The van der Waals surface area contributed by atoms with Crippen LogP contribution in [0.3, 0.4) is 0 Å². The van der Waals surface area contributed by atoms with E-state index >= 15 is 0 Å². The van der Waals surface area contributed by atoms with Gasteiger partial charge in [0.1, 0.15) is 11.1 Å². The zero-order chi connectivity index (χ0) is 16.4. The van der Waals surface area contributed by atoms with E-state index in [1.807, 2.05) is 37.3 Å². The maximum absolute atomic E-state index is 12.4. The molecule has 3 nitrogen and oxygen atoms in total. The van der Waals surface area contributed by atoms with Crippen LogP contribution in [0.5, 0.6) is 5.75 Å². The maximum Gasteiger partial charge on any atom is 0.238 e. The Balaban J connectivity index is 1.93. The number of hydrogen-bond acceptors (Lipinski definition) is 3. The lowest BCUT2D eigenvalue weighted by Gasteiger charge is -2.25. The lowest BCUT2D eigenvalue weighted by molar-refractivity contribution is -0.115. The number of anilines is 1. The Hall–Kier alpha value is -1.36. The summed E-state index contributed by atoms with van der Waals surface area (Å²) in [6.07, 6.45) is 0.